The van der Waals surface area contributed by atoms with Crippen molar-refractivity contribution in [3.8, 4) is 12.1 Å². The van der Waals surface area contributed by atoms with Crippen LogP contribution in [0.4, 0.5) is 5.82 Å². The van der Waals surface area contributed by atoms with Crippen molar-refractivity contribution in [2.24, 2.45) is 0 Å². The molecule has 1 atom stereocenters. The van der Waals surface area contributed by atoms with Gasteiger partial charge in [-0.25, -0.2) is 9.97 Å². The third kappa shape index (κ3) is 3.07. The van der Waals surface area contributed by atoms with Crippen LogP contribution in [0.1, 0.15) is 18.9 Å². The van der Waals surface area contributed by atoms with Crippen molar-refractivity contribution in [3.05, 3.63) is 29.0 Å². The van der Waals surface area contributed by atoms with Gasteiger partial charge in [0.25, 0.3) is 0 Å². The van der Waals surface area contributed by atoms with E-state index in [0.717, 1.165) is 0 Å². The monoisotopic (exact) mass is 354 g/mol. The van der Waals surface area contributed by atoms with Gasteiger partial charge in [-0.3, -0.25) is 4.79 Å². The molecule has 7 nitrogen and oxygen atoms in total. The van der Waals surface area contributed by atoms with E-state index < -0.39 is 6.04 Å². The number of rotatable bonds is 2. The fourth-order valence-corrected chi connectivity index (χ4v) is 3.19. The summed E-state index contributed by atoms with van der Waals surface area (Å²) in [5.74, 6) is 0.610. The van der Waals surface area contributed by atoms with Crippen LogP contribution in [0.25, 0.3) is 10.9 Å². The molecular weight excluding hydrogens is 340 g/mol. The molecule has 1 aromatic heterocycles. The van der Waals surface area contributed by atoms with Gasteiger partial charge in [-0.2, -0.15) is 10.5 Å². The topological polar surface area (TPSA) is 96.9 Å². The van der Waals surface area contributed by atoms with Crippen LogP contribution in [0.5, 0.6) is 0 Å². The molecule has 1 aliphatic heterocycles. The Labute approximate surface area is 150 Å². The highest BCUT2D eigenvalue weighted by molar-refractivity contribution is 6.32. The molecule has 2 aromatic rings. The van der Waals surface area contributed by atoms with Gasteiger partial charge in [0.1, 0.15) is 24.3 Å². The van der Waals surface area contributed by atoms with Crippen molar-refractivity contribution in [2.75, 3.05) is 24.5 Å². The Kier molecular flexibility index (Phi) is 4.69. The second kappa shape index (κ2) is 6.92. The molecule has 126 valence electrons. The molecule has 0 saturated carbocycles. The molecule has 1 saturated heterocycles. The van der Waals surface area contributed by atoms with Crippen LogP contribution in [-0.4, -0.2) is 46.5 Å². The van der Waals surface area contributed by atoms with Crippen LogP contribution < -0.4 is 4.90 Å². The van der Waals surface area contributed by atoms with Crippen LogP contribution in [0.3, 0.4) is 0 Å². The van der Waals surface area contributed by atoms with E-state index in [-0.39, 0.29) is 5.91 Å². The largest absolute Gasteiger partial charge is 0.351 e. The lowest BCUT2D eigenvalue weighted by molar-refractivity contribution is -0.132. The maximum absolute atomic E-state index is 12.0. The molecule has 0 spiro atoms. The zero-order valence-corrected chi connectivity index (χ0v) is 14.4. The highest BCUT2D eigenvalue weighted by Gasteiger charge is 2.31. The summed E-state index contributed by atoms with van der Waals surface area (Å²) in [5, 5.41) is 19.7. The van der Waals surface area contributed by atoms with Crippen LogP contribution in [-0.2, 0) is 4.79 Å². The Hall–Kier alpha value is -2.90. The predicted octanol–water partition coefficient (Wildman–Crippen LogP) is 2.11. The summed E-state index contributed by atoms with van der Waals surface area (Å²) < 4.78 is 0. The first-order chi connectivity index (χ1) is 12.1. The van der Waals surface area contributed by atoms with Gasteiger partial charge in [0.15, 0.2) is 0 Å². The number of nitriles is 2. The second-order valence-electron chi connectivity index (χ2n) is 5.69. The van der Waals surface area contributed by atoms with E-state index in [0.29, 0.717) is 53.4 Å². The van der Waals surface area contributed by atoms with Gasteiger partial charge in [0.2, 0.25) is 5.91 Å². The molecule has 1 unspecified atom stereocenters. The average Bonchev–Trinajstić information content (AvgIpc) is 2.65. The average molecular weight is 355 g/mol. The van der Waals surface area contributed by atoms with Gasteiger partial charge in [-0.15, -0.1) is 0 Å². The standard InChI is InChI=1S/C17H15ClN6O/c1-2-16(25)24-4-3-23(9-12(24)8-20)17-13-5-11(7-19)14(18)6-15(13)21-10-22-17/h5-6,10,12H,2-4,9H2,1H3. The number of fused-ring (bicyclic) bond motifs is 1. The smallest absolute Gasteiger partial charge is 0.223 e. The van der Waals surface area contributed by atoms with Gasteiger partial charge in [0, 0.05) is 24.9 Å². The maximum atomic E-state index is 12.0. The van der Waals surface area contributed by atoms with E-state index in [1.165, 1.54) is 6.33 Å². The van der Waals surface area contributed by atoms with E-state index in [2.05, 4.69) is 22.1 Å². The third-order valence-corrected chi connectivity index (χ3v) is 4.59. The van der Waals surface area contributed by atoms with Crippen molar-refractivity contribution in [2.45, 2.75) is 19.4 Å². The number of nitrogens with zero attached hydrogens (tertiary/aromatic N) is 6. The van der Waals surface area contributed by atoms with Crippen molar-refractivity contribution < 1.29 is 4.79 Å². The number of carbonyl (C=O) groups excluding carboxylic acids is 1. The van der Waals surface area contributed by atoms with Crippen molar-refractivity contribution in [3.63, 3.8) is 0 Å². The minimum Gasteiger partial charge on any atom is -0.351 e. The molecule has 0 aliphatic carbocycles. The number of hydrogen-bond donors (Lipinski definition) is 0. The minimum absolute atomic E-state index is 0.0303. The molecule has 3 rings (SSSR count). The first-order valence-corrected chi connectivity index (χ1v) is 8.25. The number of halogens is 1. The SMILES string of the molecule is CCC(=O)N1CCN(c2ncnc3cc(Cl)c(C#N)cc23)CC1C#N. The Morgan fingerprint density at radius 3 is 2.84 bits per heavy atom. The van der Waals surface area contributed by atoms with Crippen LogP contribution in [0.15, 0.2) is 18.5 Å². The molecule has 0 N–H and O–H groups in total. The number of hydrogen-bond acceptors (Lipinski definition) is 6. The zero-order chi connectivity index (χ0) is 18.0. The summed E-state index contributed by atoms with van der Waals surface area (Å²) in [6, 6.07) is 7.02. The Morgan fingerprint density at radius 1 is 1.36 bits per heavy atom. The van der Waals surface area contributed by atoms with Gasteiger partial charge in [0.05, 0.1) is 28.7 Å². The van der Waals surface area contributed by atoms with Crippen LogP contribution in [0.2, 0.25) is 5.02 Å². The molecule has 0 radical (unpaired) electrons. The van der Waals surface area contributed by atoms with Gasteiger partial charge < -0.3 is 9.80 Å². The lowest BCUT2D eigenvalue weighted by Gasteiger charge is -2.39. The van der Waals surface area contributed by atoms with Crippen LogP contribution in [0, 0.1) is 22.7 Å². The predicted molar refractivity (Wildman–Crippen MR) is 92.9 cm³/mol. The lowest BCUT2D eigenvalue weighted by atomic mass is 10.1. The molecule has 1 aliphatic rings. The Balaban J connectivity index is 1.99. The number of benzene rings is 1. The molecule has 1 amide bonds. The fraction of sp³-hybridized carbons (Fsp3) is 0.353. The summed E-state index contributed by atoms with van der Waals surface area (Å²) in [7, 11) is 0. The maximum Gasteiger partial charge on any atom is 0.223 e. The van der Waals surface area contributed by atoms with Crippen molar-refractivity contribution >= 4 is 34.2 Å². The Morgan fingerprint density at radius 2 is 2.16 bits per heavy atom. The van der Waals surface area contributed by atoms with Gasteiger partial charge >= 0.3 is 0 Å². The molecule has 8 heteroatoms. The van der Waals surface area contributed by atoms with Crippen molar-refractivity contribution in [1.29, 1.82) is 10.5 Å². The van der Waals surface area contributed by atoms with E-state index in [1.807, 2.05) is 4.90 Å². The minimum atomic E-state index is -0.533. The molecule has 25 heavy (non-hydrogen) atoms. The number of carbonyl (C=O) groups is 1. The first-order valence-electron chi connectivity index (χ1n) is 7.87. The van der Waals surface area contributed by atoms with Crippen LogP contribution >= 0.6 is 11.6 Å². The number of piperazine rings is 1. The van der Waals surface area contributed by atoms with Gasteiger partial charge in [-0.05, 0) is 12.1 Å². The van der Waals surface area contributed by atoms with Crippen molar-refractivity contribution in [1.82, 2.24) is 14.9 Å². The summed E-state index contributed by atoms with van der Waals surface area (Å²) in [6.07, 6.45) is 1.81. The molecule has 2 heterocycles. The lowest BCUT2D eigenvalue weighted by Crippen LogP contribution is -2.54. The molecular formula is C17H15ClN6O. The van der Waals surface area contributed by atoms with Gasteiger partial charge in [-0.1, -0.05) is 18.5 Å². The fourth-order valence-electron chi connectivity index (χ4n) is 2.99. The quantitative estimate of drug-likeness (QED) is 0.819. The normalized spacial score (nSPS) is 17.2. The highest BCUT2D eigenvalue weighted by Crippen LogP contribution is 2.29. The summed E-state index contributed by atoms with van der Waals surface area (Å²) in [5.41, 5.74) is 0.983. The Bertz CT molecular complexity index is 916. The van der Waals surface area contributed by atoms with E-state index in [9.17, 15) is 15.3 Å². The highest BCUT2D eigenvalue weighted by atomic mass is 35.5. The second-order valence-corrected chi connectivity index (χ2v) is 6.10. The summed E-state index contributed by atoms with van der Waals surface area (Å²) in [4.78, 5) is 24.1. The zero-order valence-electron chi connectivity index (χ0n) is 13.6. The van der Waals surface area contributed by atoms with E-state index in [4.69, 9.17) is 11.6 Å². The number of amides is 1. The number of anilines is 1. The molecule has 1 aromatic carbocycles. The first kappa shape index (κ1) is 16.9. The molecule has 0 bridgehead atoms. The van der Waals surface area contributed by atoms with E-state index >= 15 is 0 Å². The summed E-state index contributed by atoms with van der Waals surface area (Å²) >= 11 is 6.07. The number of aromatic nitrogens is 2. The van der Waals surface area contributed by atoms with E-state index in [1.54, 1.807) is 24.0 Å². The molecule has 1 fully saturated rings. The summed E-state index contributed by atoms with van der Waals surface area (Å²) in [6.45, 7) is 3.16. The third-order valence-electron chi connectivity index (χ3n) is 4.28.